The van der Waals surface area contributed by atoms with E-state index in [0.29, 0.717) is 37.5 Å². The first-order chi connectivity index (χ1) is 15.7. The van der Waals surface area contributed by atoms with E-state index in [9.17, 15) is 14.4 Å². The van der Waals surface area contributed by atoms with Crippen molar-refractivity contribution in [2.75, 3.05) is 39.8 Å². The van der Waals surface area contributed by atoms with Crippen LogP contribution in [0.15, 0.2) is 28.8 Å². The fourth-order valence-corrected chi connectivity index (χ4v) is 4.30. The minimum Gasteiger partial charge on any atom is -0.497 e. The monoisotopic (exact) mass is 455 g/mol. The predicted molar refractivity (Wildman–Crippen MR) is 118 cm³/mol. The summed E-state index contributed by atoms with van der Waals surface area (Å²) < 4.78 is 10.4. The number of nitrogens with one attached hydrogen (secondary N) is 1. The molecule has 10 nitrogen and oxygen atoms in total. The molecule has 2 aliphatic rings. The number of carbonyl (C=O) groups is 3. The molecule has 1 N–H and O–H groups in total. The first kappa shape index (κ1) is 22.8. The average Bonchev–Trinajstić information content (AvgIpc) is 3.25. The Balaban J connectivity index is 1.35. The number of ether oxygens (including phenoxy) is 1. The zero-order chi connectivity index (χ0) is 23.8. The number of aromatic nitrogens is 1. The maximum Gasteiger partial charge on any atom is 0.325 e. The van der Waals surface area contributed by atoms with Crippen LogP contribution in [0.25, 0.3) is 0 Å². The largest absolute Gasteiger partial charge is 0.497 e. The molecule has 2 saturated heterocycles. The number of nitrogens with zero attached hydrogens (tertiary/aromatic N) is 4. The number of imide groups is 1. The number of methoxy groups -OCH3 is 1. The van der Waals surface area contributed by atoms with Crippen LogP contribution in [0.3, 0.4) is 0 Å². The second kappa shape index (κ2) is 8.86. The normalized spacial score (nSPS) is 21.5. The lowest BCUT2D eigenvalue weighted by molar-refractivity contribution is -0.139. The third kappa shape index (κ3) is 4.30. The van der Waals surface area contributed by atoms with E-state index in [1.807, 2.05) is 13.8 Å². The van der Waals surface area contributed by atoms with Gasteiger partial charge in [0.25, 0.3) is 5.91 Å². The van der Waals surface area contributed by atoms with E-state index in [1.54, 1.807) is 43.2 Å². The van der Waals surface area contributed by atoms with Gasteiger partial charge in [-0.25, -0.2) is 4.79 Å². The Kier molecular flexibility index (Phi) is 6.11. The van der Waals surface area contributed by atoms with E-state index in [1.165, 1.54) is 0 Å². The third-order valence-electron chi connectivity index (χ3n) is 6.52. The Hall–Kier alpha value is -3.40. The van der Waals surface area contributed by atoms with Gasteiger partial charge in [0.15, 0.2) is 0 Å². The molecule has 1 aromatic heterocycles. The van der Waals surface area contributed by atoms with Crippen molar-refractivity contribution in [3.63, 3.8) is 0 Å². The highest BCUT2D eigenvalue weighted by Gasteiger charge is 2.49. The third-order valence-corrected chi connectivity index (χ3v) is 6.52. The van der Waals surface area contributed by atoms with Gasteiger partial charge in [0.05, 0.1) is 12.8 Å². The van der Waals surface area contributed by atoms with Gasteiger partial charge in [0, 0.05) is 38.3 Å². The number of amides is 4. The minimum absolute atomic E-state index is 0.241. The Labute approximate surface area is 192 Å². The van der Waals surface area contributed by atoms with E-state index in [0.717, 1.165) is 28.5 Å². The molecule has 176 valence electrons. The van der Waals surface area contributed by atoms with Crippen molar-refractivity contribution >= 4 is 17.8 Å². The highest BCUT2D eigenvalue weighted by molar-refractivity contribution is 6.09. The molecule has 4 amide bonds. The van der Waals surface area contributed by atoms with Crippen LogP contribution in [0, 0.1) is 13.8 Å². The number of rotatable bonds is 6. The summed E-state index contributed by atoms with van der Waals surface area (Å²) >= 11 is 0. The smallest absolute Gasteiger partial charge is 0.325 e. The molecule has 1 unspecified atom stereocenters. The average molecular weight is 456 g/mol. The summed E-state index contributed by atoms with van der Waals surface area (Å²) in [6, 6.07) is 6.37. The van der Waals surface area contributed by atoms with Gasteiger partial charge in [0.2, 0.25) is 5.91 Å². The molecule has 33 heavy (non-hydrogen) atoms. The maximum atomic E-state index is 13.1. The Bertz CT molecular complexity index is 1040. The van der Waals surface area contributed by atoms with E-state index < -0.39 is 17.5 Å². The highest BCUT2D eigenvalue weighted by Crippen LogP contribution is 2.30. The van der Waals surface area contributed by atoms with Crippen LogP contribution in [0.1, 0.15) is 29.5 Å². The van der Waals surface area contributed by atoms with Gasteiger partial charge in [-0.05, 0) is 38.5 Å². The van der Waals surface area contributed by atoms with Crippen LogP contribution < -0.4 is 10.1 Å². The van der Waals surface area contributed by atoms with E-state index in [2.05, 4.69) is 15.4 Å². The quantitative estimate of drug-likeness (QED) is 0.656. The summed E-state index contributed by atoms with van der Waals surface area (Å²) in [5.41, 5.74) is 1.36. The Morgan fingerprint density at radius 1 is 1.15 bits per heavy atom. The summed E-state index contributed by atoms with van der Waals surface area (Å²) in [7, 11) is 1.56. The van der Waals surface area contributed by atoms with Crippen molar-refractivity contribution in [3.05, 3.63) is 46.8 Å². The summed E-state index contributed by atoms with van der Waals surface area (Å²) in [4.78, 5) is 43.6. The van der Waals surface area contributed by atoms with Crippen LogP contribution in [0.5, 0.6) is 5.75 Å². The lowest BCUT2D eigenvalue weighted by atomic mass is 9.92. The van der Waals surface area contributed by atoms with E-state index >= 15 is 0 Å². The minimum atomic E-state index is -1.23. The molecule has 2 fully saturated rings. The molecule has 0 spiro atoms. The van der Waals surface area contributed by atoms with Gasteiger partial charge in [-0.15, -0.1) is 0 Å². The number of piperazine rings is 1. The van der Waals surface area contributed by atoms with Gasteiger partial charge in [-0.3, -0.25) is 19.4 Å². The Morgan fingerprint density at radius 3 is 2.39 bits per heavy atom. The molecule has 0 aliphatic carbocycles. The van der Waals surface area contributed by atoms with Gasteiger partial charge in [-0.2, -0.15) is 0 Å². The number of benzene rings is 1. The van der Waals surface area contributed by atoms with Gasteiger partial charge in [0.1, 0.15) is 23.6 Å². The number of hydrogen-bond donors (Lipinski definition) is 1. The lowest BCUT2D eigenvalue weighted by Gasteiger charge is -2.35. The molecule has 4 rings (SSSR count). The van der Waals surface area contributed by atoms with Crippen molar-refractivity contribution < 1.29 is 23.6 Å². The van der Waals surface area contributed by atoms with Crippen LogP contribution in [0.2, 0.25) is 0 Å². The fraction of sp³-hybridized carbons (Fsp3) is 0.478. The topological polar surface area (TPSA) is 108 Å². The molecule has 0 bridgehead atoms. The number of aryl methyl sites for hydroxylation is 2. The number of carbonyl (C=O) groups excluding carboxylic acids is 3. The van der Waals surface area contributed by atoms with E-state index in [-0.39, 0.29) is 12.5 Å². The summed E-state index contributed by atoms with van der Waals surface area (Å²) in [5, 5.41) is 6.73. The van der Waals surface area contributed by atoms with Crippen molar-refractivity contribution in [3.8, 4) is 5.75 Å². The van der Waals surface area contributed by atoms with Crippen molar-refractivity contribution in [1.29, 1.82) is 0 Å². The van der Waals surface area contributed by atoms with Crippen LogP contribution in [0.4, 0.5) is 4.79 Å². The SMILES string of the molecule is COc1ccc(C2(C)NC(=O)N(CC(=O)N3CCN(Cc4c(C)noc4C)CC3)C2=O)cc1. The summed E-state index contributed by atoms with van der Waals surface area (Å²) in [6.07, 6.45) is 0. The summed E-state index contributed by atoms with van der Waals surface area (Å²) in [5.74, 6) is 0.779. The van der Waals surface area contributed by atoms with Crippen molar-refractivity contribution in [1.82, 2.24) is 25.2 Å². The van der Waals surface area contributed by atoms with Gasteiger partial charge in [-0.1, -0.05) is 17.3 Å². The van der Waals surface area contributed by atoms with E-state index in [4.69, 9.17) is 9.26 Å². The second-order valence-corrected chi connectivity index (χ2v) is 8.63. The van der Waals surface area contributed by atoms with Gasteiger partial charge < -0.3 is 19.5 Å². The number of urea groups is 1. The molecular formula is C23H29N5O5. The Morgan fingerprint density at radius 2 is 1.82 bits per heavy atom. The molecule has 2 aromatic rings. The number of hydrogen-bond acceptors (Lipinski definition) is 7. The van der Waals surface area contributed by atoms with Crippen LogP contribution in [-0.2, 0) is 21.7 Å². The molecule has 10 heteroatoms. The van der Waals surface area contributed by atoms with Crippen LogP contribution in [-0.4, -0.2) is 77.5 Å². The van der Waals surface area contributed by atoms with Crippen LogP contribution >= 0.6 is 0 Å². The van der Waals surface area contributed by atoms with Crippen molar-refractivity contribution in [2.24, 2.45) is 0 Å². The molecule has 2 aliphatic heterocycles. The molecular weight excluding hydrogens is 426 g/mol. The zero-order valence-corrected chi connectivity index (χ0v) is 19.4. The molecule has 0 saturated carbocycles. The molecule has 3 heterocycles. The van der Waals surface area contributed by atoms with Gasteiger partial charge >= 0.3 is 6.03 Å². The summed E-state index contributed by atoms with van der Waals surface area (Å²) in [6.45, 7) is 8.35. The standard InChI is InChI=1S/C23H29N5O5/c1-15-19(16(2)33-25-15)13-26-9-11-27(12-10-26)20(29)14-28-21(30)23(3,24-22(28)31)17-5-7-18(32-4)8-6-17/h5-8H,9-14H2,1-4H3,(H,24,31). The molecule has 1 atom stereocenters. The highest BCUT2D eigenvalue weighted by atomic mass is 16.5. The molecule has 1 aromatic carbocycles. The first-order valence-corrected chi connectivity index (χ1v) is 10.9. The zero-order valence-electron chi connectivity index (χ0n) is 19.4. The molecule has 0 radical (unpaired) electrons. The first-order valence-electron chi connectivity index (χ1n) is 10.9. The fourth-order valence-electron chi connectivity index (χ4n) is 4.30. The predicted octanol–water partition coefficient (Wildman–Crippen LogP) is 1.41. The maximum absolute atomic E-state index is 13.1. The van der Waals surface area contributed by atoms with Crippen molar-refractivity contribution in [2.45, 2.75) is 32.9 Å². The second-order valence-electron chi connectivity index (χ2n) is 8.63. The lowest BCUT2D eigenvalue weighted by Crippen LogP contribution is -2.51.